The number of nitrogens with two attached hydrogens (primary N) is 1. The molecule has 3 heterocycles. The van der Waals surface area contributed by atoms with E-state index in [-0.39, 0.29) is 37.6 Å². The number of pyridine rings is 1. The molecule has 7 nitrogen and oxygen atoms in total. The molecule has 0 saturated heterocycles. The Morgan fingerprint density at radius 3 is 2.42 bits per heavy atom. The summed E-state index contributed by atoms with van der Waals surface area (Å²) in [4.78, 5) is 28.4. The molecule has 2 amide bonds. The van der Waals surface area contributed by atoms with Gasteiger partial charge in [0.05, 0.1) is 16.4 Å². The lowest BCUT2D eigenvalue weighted by molar-refractivity contribution is -0.140. The molecule has 170 valence electrons. The first-order valence-corrected chi connectivity index (χ1v) is 10.7. The maximum absolute atomic E-state index is 13.5. The Kier molecular flexibility index (Phi) is 5.70. The van der Waals surface area contributed by atoms with Crippen molar-refractivity contribution in [1.82, 2.24) is 14.8 Å². The van der Waals surface area contributed by atoms with Crippen molar-refractivity contribution in [1.29, 1.82) is 0 Å². The number of nitrogens with zero attached hydrogens (tertiary/aromatic N) is 3. The van der Waals surface area contributed by atoms with Crippen LogP contribution in [0, 0.1) is 5.82 Å². The molecule has 0 spiro atoms. The Labute approximate surface area is 195 Å². The average molecular weight is 542 g/mol. The van der Waals surface area contributed by atoms with E-state index in [1.165, 1.54) is 30.1 Å². The van der Waals surface area contributed by atoms with Crippen LogP contribution in [0.5, 0.6) is 0 Å². The number of amides is 2. The van der Waals surface area contributed by atoms with Gasteiger partial charge in [-0.3, -0.25) is 14.3 Å². The maximum atomic E-state index is 13.5. The number of aromatic nitrogens is 3. The van der Waals surface area contributed by atoms with Crippen LogP contribution < -0.4 is 11.1 Å². The van der Waals surface area contributed by atoms with Gasteiger partial charge in [0.25, 0.3) is 11.8 Å². The summed E-state index contributed by atoms with van der Waals surface area (Å²) in [5.74, 6) is -2.23. The minimum Gasteiger partial charge on any atom is -0.365 e. The van der Waals surface area contributed by atoms with Crippen LogP contribution in [0.1, 0.15) is 25.9 Å². The van der Waals surface area contributed by atoms with Crippen molar-refractivity contribution in [2.75, 3.05) is 5.32 Å². The highest BCUT2D eigenvalue weighted by Crippen LogP contribution is 2.43. The fraction of sp³-hybridized carbons (Fsp3) is 0.100. The number of nitrogens with one attached hydrogen (secondary N) is 1. The zero-order valence-electron chi connectivity index (χ0n) is 16.5. The van der Waals surface area contributed by atoms with E-state index in [4.69, 9.17) is 5.73 Å². The van der Waals surface area contributed by atoms with E-state index < -0.39 is 29.5 Å². The Bertz CT molecular complexity index is 1390. The van der Waals surface area contributed by atoms with Gasteiger partial charge in [0.1, 0.15) is 26.9 Å². The van der Waals surface area contributed by atoms with Crippen molar-refractivity contribution in [3.63, 3.8) is 0 Å². The number of thiophene rings is 1. The van der Waals surface area contributed by atoms with Crippen molar-refractivity contribution >= 4 is 55.0 Å². The van der Waals surface area contributed by atoms with Gasteiger partial charge in [-0.15, -0.1) is 11.3 Å². The topological polar surface area (TPSA) is 103 Å². The number of rotatable bonds is 4. The highest BCUT2D eigenvalue weighted by molar-refractivity contribution is 9.10. The number of aryl methyl sites for hydroxylation is 1. The molecule has 33 heavy (non-hydrogen) atoms. The fourth-order valence-electron chi connectivity index (χ4n) is 3.23. The average Bonchev–Trinajstić information content (AvgIpc) is 3.27. The van der Waals surface area contributed by atoms with Crippen molar-refractivity contribution in [3.05, 3.63) is 63.1 Å². The first-order valence-electron chi connectivity index (χ1n) is 9.06. The highest BCUT2D eigenvalue weighted by Gasteiger charge is 2.35. The zero-order chi connectivity index (χ0) is 24.1. The van der Waals surface area contributed by atoms with Crippen LogP contribution in [-0.2, 0) is 13.2 Å². The number of alkyl halides is 3. The molecular weight excluding hydrogens is 530 g/mol. The summed E-state index contributed by atoms with van der Waals surface area (Å²) in [6.45, 7) is 0. The van der Waals surface area contributed by atoms with E-state index in [2.05, 4.69) is 31.3 Å². The number of benzene rings is 1. The second kappa shape index (κ2) is 8.23. The summed E-state index contributed by atoms with van der Waals surface area (Å²) in [6, 6.07) is 5.52. The van der Waals surface area contributed by atoms with E-state index in [0.29, 0.717) is 15.8 Å². The quantitative estimate of drug-likeness (QED) is 0.356. The second-order valence-electron chi connectivity index (χ2n) is 6.83. The Hall–Kier alpha value is -3.32. The molecule has 0 aliphatic rings. The molecule has 0 saturated carbocycles. The number of primary amides is 1. The molecule has 0 unspecified atom stereocenters. The van der Waals surface area contributed by atoms with Gasteiger partial charge >= 0.3 is 6.18 Å². The van der Waals surface area contributed by atoms with Crippen molar-refractivity contribution in [2.24, 2.45) is 12.8 Å². The molecule has 4 aromatic rings. The Balaban J connectivity index is 2.01. The summed E-state index contributed by atoms with van der Waals surface area (Å²) in [5.41, 5.74) is 4.48. The van der Waals surface area contributed by atoms with Crippen LogP contribution in [0.4, 0.5) is 23.2 Å². The fourth-order valence-corrected chi connectivity index (χ4v) is 4.77. The minimum absolute atomic E-state index is 0.00422. The Morgan fingerprint density at radius 2 is 1.88 bits per heavy atom. The molecule has 3 N–H and O–H groups in total. The summed E-state index contributed by atoms with van der Waals surface area (Å²) in [7, 11) is 1.52. The van der Waals surface area contributed by atoms with Gasteiger partial charge in [-0.1, -0.05) is 12.1 Å². The molecule has 0 bridgehead atoms. The van der Waals surface area contributed by atoms with Crippen LogP contribution in [0.15, 0.2) is 41.0 Å². The molecule has 0 atom stereocenters. The zero-order valence-corrected chi connectivity index (χ0v) is 18.9. The number of halogens is 5. The van der Waals surface area contributed by atoms with Gasteiger partial charge in [-0.2, -0.15) is 18.3 Å². The van der Waals surface area contributed by atoms with Gasteiger partial charge in [0.15, 0.2) is 0 Å². The number of fused-ring (bicyclic) bond motifs is 1. The minimum atomic E-state index is -4.79. The van der Waals surface area contributed by atoms with Crippen molar-refractivity contribution < 1.29 is 27.2 Å². The largest absolute Gasteiger partial charge is 0.433 e. The lowest BCUT2D eigenvalue weighted by atomic mass is 10.0. The summed E-state index contributed by atoms with van der Waals surface area (Å²) >= 11 is 3.82. The third-order valence-corrected chi connectivity index (χ3v) is 6.36. The Morgan fingerprint density at radius 1 is 1.21 bits per heavy atom. The number of hydrogen-bond acceptors (Lipinski definition) is 5. The predicted octanol–water partition coefficient (Wildman–Crippen LogP) is 4.97. The summed E-state index contributed by atoms with van der Waals surface area (Å²) < 4.78 is 55.7. The second-order valence-corrected chi connectivity index (χ2v) is 8.68. The predicted molar refractivity (Wildman–Crippen MR) is 117 cm³/mol. The molecule has 3 aromatic heterocycles. The standard InChI is InChI=1S/C20H12BrF4N5O2S/c1-30-15(11(21)7-27-30)18(32)29-14-13-10(8-2-4-9(22)5-3-8)6-12(20(23,24)25)28-19(13)33-16(14)17(26)31/h2-7H,1H3,(H2,26,31)(H,29,32). The summed E-state index contributed by atoms with van der Waals surface area (Å²) in [6.07, 6.45) is -3.40. The molecule has 1 aromatic carbocycles. The lowest BCUT2D eigenvalue weighted by Gasteiger charge is -2.12. The molecule has 0 aliphatic heterocycles. The van der Waals surface area contributed by atoms with E-state index in [1.807, 2.05) is 0 Å². The van der Waals surface area contributed by atoms with Crippen molar-refractivity contribution in [2.45, 2.75) is 6.18 Å². The molecular formula is C20H12BrF4N5O2S. The molecule has 0 radical (unpaired) electrons. The molecule has 4 rings (SSSR count). The number of carbonyl (C=O) groups is 2. The molecule has 0 aliphatic carbocycles. The first-order chi connectivity index (χ1) is 15.5. The number of hydrogen-bond donors (Lipinski definition) is 2. The van der Waals surface area contributed by atoms with E-state index in [0.717, 1.165) is 18.2 Å². The third kappa shape index (κ3) is 4.20. The van der Waals surface area contributed by atoms with Crippen LogP contribution >= 0.6 is 27.3 Å². The molecule has 13 heteroatoms. The molecule has 0 fully saturated rings. The van der Waals surface area contributed by atoms with E-state index in [1.54, 1.807) is 0 Å². The number of anilines is 1. The highest BCUT2D eigenvalue weighted by atomic mass is 79.9. The first kappa shape index (κ1) is 22.9. The number of carbonyl (C=O) groups excluding carboxylic acids is 2. The van der Waals surface area contributed by atoms with Gasteiger partial charge in [0, 0.05) is 12.4 Å². The monoisotopic (exact) mass is 541 g/mol. The van der Waals surface area contributed by atoms with Gasteiger partial charge in [-0.25, -0.2) is 9.37 Å². The van der Waals surface area contributed by atoms with Gasteiger partial charge < -0.3 is 11.1 Å². The normalized spacial score (nSPS) is 11.7. The third-order valence-electron chi connectivity index (χ3n) is 4.68. The maximum Gasteiger partial charge on any atom is 0.433 e. The lowest BCUT2D eigenvalue weighted by Crippen LogP contribution is -2.19. The van der Waals surface area contributed by atoms with E-state index in [9.17, 15) is 27.2 Å². The van der Waals surface area contributed by atoms with Gasteiger partial charge in [0.2, 0.25) is 0 Å². The summed E-state index contributed by atoms with van der Waals surface area (Å²) in [5, 5.41) is 6.58. The SMILES string of the molecule is Cn1ncc(Br)c1C(=O)Nc1c(C(N)=O)sc2nc(C(F)(F)F)cc(-c3ccc(F)cc3)c12. The van der Waals surface area contributed by atoms with Crippen LogP contribution in [-0.4, -0.2) is 26.6 Å². The van der Waals surface area contributed by atoms with E-state index >= 15 is 0 Å². The van der Waals surface area contributed by atoms with Gasteiger partial charge in [-0.05, 0) is 45.3 Å². The smallest absolute Gasteiger partial charge is 0.365 e. The van der Waals surface area contributed by atoms with Crippen LogP contribution in [0.3, 0.4) is 0 Å². The van der Waals surface area contributed by atoms with Crippen molar-refractivity contribution in [3.8, 4) is 11.1 Å². The van der Waals surface area contributed by atoms with Crippen LogP contribution in [0.25, 0.3) is 21.3 Å². The van der Waals surface area contributed by atoms with Crippen LogP contribution in [0.2, 0.25) is 0 Å².